The molecule has 0 radical (unpaired) electrons. The lowest BCUT2D eigenvalue weighted by molar-refractivity contribution is 0.00235. The standard InChI is InChI=1S/C7H5N3O/c8-10-5-7(11)6-1-3-9-4-2-6/h1-5H. The van der Waals surface area contributed by atoms with Crippen molar-refractivity contribution in [3.8, 4) is 0 Å². The van der Waals surface area contributed by atoms with Crippen LogP contribution in [0.15, 0.2) is 24.5 Å². The second kappa shape index (κ2) is 3.39. The van der Waals surface area contributed by atoms with Crippen molar-refractivity contribution in [1.82, 2.24) is 4.98 Å². The van der Waals surface area contributed by atoms with Crippen LogP contribution in [0.4, 0.5) is 0 Å². The fraction of sp³-hybridized carbons (Fsp3) is 0. The van der Waals surface area contributed by atoms with Crippen LogP contribution in [0.3, 0.4) is 0 Å². The van der Waals surface area contributed by atoms with Crippen molar-refractivity contribution >= 4 is 12.0 Å². The zero-order valence-corrected chi connectivity index (χ0v) is 5.64. The minimum Gasteiger partial charge on any atom is -0.361 e. The molecule has 1 heterocycles. The predicted octanol–water partition coefficient (Wildman–Crippen LogP) is 0.565. The highest BCUT2D eigenvalue weighted by molar-refractivity contribution is 6.33. The van der Waals surface area contributed by atoms with Gasteiger partial charge in [0.25, 0.3) is 5.78 Å². The number of hydrogen-bond acceptors (Lipinski definition) is 2. The first-order chi connectivity index (χ1) is 5.34. The fourth-order valence-corrected chi connectivity index (χ4v) is 0.643. The maximum atomic E-state index is 10.9. The smallest absolute Gasteiger partial charge is 0.328 e. The molecule has 1 aromatic heterocycles. The average molecular weight is 147 g/mol. The highest BCUT2D eigenvalue weighted by Crippen LogP contribution is 1.94. The number of carbonyl (C=O) groups is 1. The zero-order valence-electron chi connectivity index (χ0n) is 5.64. The van der Waals surface area contributed by atoms with Gasteiger partial charge < -0.3 is 5.53 Å². The molecule has 0 aliphatic carbocycles. The Kier molecular flexibility index (Phi) is 2.25. The van der Waals surface area contributed by atoms with Crippen LogP contribution in [-0.2, 0) is 0 Å². The summed E-state index contributed by atoms with van der Waals surface area (Å²) in [6, 6.07) is 3.09. The Balaban J connectivity index is 2.94. The van der Waals surface area contributed by atoms with E-state index in [1.54, 1.807) is 12.1 Å². The van der Waals surface area contributed by atoms with Crippen LogP contribution in [0.1, 0.15) is 10.4 Å². The molecule has 0 N–H and O–H groups in total. The summed E-state index contributed by atoms with van der Waals surface area (Å²) in [6.07, 6.45) is 3.84. The van der Waals surface area contributed by atoms with Gasteiger partial charge in [0.1, 0.15) is 0 Å². The summed E-state index contributed by atoms with van der Waals surface area (Å²) < 4.78 is 0. The largest absolute Gasteiger partial charge is 0.361 e. The molecule has 0 bridgehead atoms. The molecule has 11 heavy (non-hydrogen) atoms. The third-order valence-corrected chi connectivity index (χ3v) is 1.14. The maximum Gasteiger partial charge on any atom is 0.328 e. The van der Waals surface area contributed by atoms with Gasteiger partial charge in [-0.15, -0.1) is 0 Å². The number of ketones is 1. The van der Waals surface area contributed by atoms with Crippen molar-refractivity contribution < 1.29 is 9.58 Å². The van der Waals surface area contributed by atoms with Gasteiger partial charge in [-0.2, -0.15) is 4.79 Å². The van der Waals surface area contributed by atoms with Gasteiger partial charge in [-0.05, 0) is 12.1 Å². The Morgan fingerprint density at radius 3 is 2.73 bits per heavy atom. The molecule has 0 spiro atoms. The monoisotopic (exact) mass is 147 g/mol. The second-order valence-corrected chi connectivity index (χ2v) is 1.84. The first kappa shape index (κ1) is 7.31. The molecule has 0 atom stereocenters. The Labute approximate surface area is 63.1 Å². The molecule has 1 rings (SSSR count). The van der Waals surface area contributed by atoms with E-state index in [2.05, 4.69) is 9.77 Å². The molecule has 0 unspecified atom stereocenters. The molecule has 0 aliphatic heterocycles. The summed E-state index contributed by atoms with van der Waals surface area (Å²) in [5, 5.41) is 0. The summed E-state index contributed by atoms with van der Waals surface area (Å²) in [7, 11) is 0. The van der Waals surface area contributed by atoms with Crippen LogP contribution in [0.2, 0.25) is 0 Å². The molecule has 4 heteroatoms. The third-order valence-electron chi connectivity index (χ3n) is 1.14. The van der Waals surface area contributed by atoms with E-state index in [0.29, 0.717) is 5.56 Å². The average Bonchev–Trinajstić information content (AvgIpc) is 2.07. The zero-order chi connectivity index (χ0) is 8.10. The molecular weight excluding hydrogens is 142 g/mol. The lowest BCUT2D eigenvalue weighted by Gasteiger charge is -1.86. The van der Waals surface area contributed by atoms with Crippen LogP contribution in [0.25, 0.3) is 5.53 Å². The van der Waals surface area contributed by atoms with E-state index in [4.69, 9.17) is 5.53 Å². The van der Waals surface area contributed by atoms with Crippen molar-refractivity contribution in [2.75, 3.05) is 0 Å². The lowest BCUT2D eigenvalue weighted by Crippen LogP contribution is -2.00. The minimum atomic E-state index is -0.338. The fourth-order valence-electron chi connectivity index (χ4n) is 0.643. The topological polar surface area (TPSA) is 66.4 Å². The number of Topliss-reactive ketones (excluding diaryl/α,β-unsaturated/α-hetero) is 1. The van der Waals surface area contributed by atoms with E-state index in [-0.39, 0.29) is 5.78 Å². The number of nitrogens with zero attached hydrogens (tertiary/aromatic N) is 3. The molecule has 1 aromatic rings. The van der Waals surface area contributed by atoms with Gasteiger partial charge >= 0.3 is 6.21 Å². The van der Waals surface area contributed by atoms with Gasteiger partial charge in [0.2, 0.25) is 0 Å². The van der Waals surface area contributed by atoms with E-state index >= 15 is 0 Å². The number of aromatic nitrogens is 1. The summed E-state index contributed by atoms with van der Waals surface area (Å²) in [5.41, 5.74) is 8.49. The van der Waals surface area contributed by atoms with Crippen LogP contribution in [0.5, 0.6) is 0 Å². The molecule has 54 valence electrons. The number of pyridine rings is 1. The van der Waals surface area contributed by atoms with Crippen molar-refractivity contribution in [2.45, 2.75) is 0 Å². The summed E-state index contributed by atoms with van der Waals surface area (Å²) in [5.74, 6) is -0.338. The van der Waals surface area contributed by atoms with Crippen LogP contribution < -0.4 is 0 Å². The lowest BCUT2D eigenvalue weighted by atomic mass is 10.2. The number of carbonyl (C=O) groups excluding carboxylic acids is 1. The molecule has 0 aliphatic rings. The summed E-state index contributed by atoms with van der Waals surface area (Å²) >= 11 is 0. The molecular formula is C7H5N3O. The van der Waals surface area contributed by atoms with Gasteiger partial charge in [0.15, 0.2) is 0 Å². The Bertz CT molecular complexity index is 301. The highest BCUT2D eigenvalue weighted by atomic mass is 16.1. The Morgan fingerprint density at radius 1 is 1.55 bits per heavy atom. The van der Waals surface area contributed by atoms with E-state index in [1.807, 2.05) is 0 Å². The summed E-state index contributed by atoms with van der Waals surface area (Å²) in [4.78, 5) is 17.3. The highest BCUT2D eigenvalue weighted by Gasteiger charge is 2.04. The van der Waals surface area contributed by atoms with E-state index in [9.17, 15) is 4.79 Å². The second-order valence-electron chi connectivity index (χ2n) is 1.84. The first-order valence-corrected chi connectivity index (χ1v) is 2.96. The van der Waals surface area contributed by atoms with Crippen LogP contribution in [-0.4, -0.2) is 21.8 Å². The Morgan fingerprint density at radius 2 is 2.18 bits per heavy atom. The predicted molar refractivity (Wildman–Crippen MR) is 38.3 cm³/mol. The normalized spacial score (nSPS) is 8.36. The van der Waals surface area contributed by atoms with Gasteiger partial charge in [-0.25, -0.2) is 0 Å². The van der Waals surface area contributed by atoms with Gasteiger partial charge in [-0.1, -0.05) is 0 Å². The maximum absolute atomic E-state index is 10.9. The van der Waals surface area contributed by atoms with Crippen molar-refractivity contribution in [3.05, 3.63) is 35.6 Å². The number of rotatable bonds is 2. The van der Waals surface area contributed by atoms with Gasteiger partial charge in [-0.3, -0.25) is 9.78 Å². The molecule has 4 nitrogen and oxygen atoms in total. The van der Waals surface area contributed by atoms with E-state index < -0.39 is 0 Å². The Hall–Kier alpha value is -1.80. The van der Waals surface area contributed by atoms with Gasteiger partial charge in [0.05, 0.1) is 0 Å². The van der Waals surface area contributed by atoms with E-state index in [0.717, 1.165) is 6.21 Å². The molecule has 0 saturated heterocycles. The van der Waals surface area contributed by atoms with Crippen molar-refractivity contribution in [1.29, 1.82) is 0 Å². The quantitative estimate of drug-likeness (QED) is 0.265. The van der Waals surface area contributed by atoms with Crippen molar-refractivity contribution in [2.24, 2.45) is 0 Å². The minimum absolute atomic E-state index is 0.338. The van der Waals surface area contributed by atoms with E-state index in [1.165, 1.54) is 12.4 Å². The van der Waals surface area contributed by atoms with Crippen LogP contribution in [0, 0.1) is 0 Å². The summed E-state index contributed by atoms with van der Waals surface area (Å²) in [6.45, 7) is 0. The molecule has 0 saturated carbocycles. The molecule has 0 fully saturated rings. The molecule has 0 amide bonds. The van der Waals surface area contributed by atoms with Crippen molar-refractivity contribution in [3.63, 3.8) is 0 Å². The number of hydrogen-bond donors (Lipinski definition) is 0. The van der Waals surface area contributed by atoms with Crippen LogP contribution >= 0.6 is 0 Å². The van der Waals surface area contributed by atoms with Gasteiger partial charge in [0, 0.05) is 18.0 Å². The SMILES string of the molecule is [N-]=[N+]=CC(=O)c1ccncc1. The third kappa shape index (κ3) is 1.81. The first-order valence-electron chi connectivity index (χ1n) is 2.96. The molecule has 0 aromatic carbocycles.